The van der Waals surface area contributed by atoms with Crippen LogP contribution in [0.4, 0.5) is 5.69 Å². The van der Waals surface area contributed by atoms with Crippen molar-refractivity contribution in [1.29, 1.82) is 0 Å². The molecule has 1 aromatic rings. The molecule has 0 heterocycles. The second-order valence-corrected chi connectivity index (χ2v) is 4.36. The van der Waals surface area contributed by atoms with E-state index >= 15 is 0 Å². The molecule has 0 aromatic heterocycles. The van der Waals surface area contributed by atoms with E-state index in [0.29, 0.717) is 17.9 Å². The molecule has 0 saturated carbocycles. The van der Waals surface area contributed by atoms with Crippen molar-refractivity contribution in [3.63, 3.8) is 0 Å². The standard InChI is InChI=1S/C13H20N2O4/c1-2-13(8-16,9-17)15-12(18)7-19-11-5-3-4-10(14)6-11/h3-6,16-17H,2,7-9,14H2,1H3,(H,15,18). The van der Waals surface area contributed by atoms with Crippen LogP contribution in [-0.4, -0.2) is 41.5 Å². The van der Waals surface area contributed by atoms with Crippen molar-refractivity contribution in [1.82, 2.24) is 5.32 Å². The Morgan fingerprint density at radius 1 is 1.42 bits per heavy atom. The Morgan fingerprint density at radius 2 is 2.11 bits per heavy atom. The van der Waals surface area contributed by atoms with E-state index in [-0.39, 0.29) is 19.8 Å². The summed E-state index contributed by atoms with van der Waals surface area (Å²) in [7, 11) is 0. The fraction of sp³-hybridized carbons (Fsp3) is 0.462. The molecule has 0 atom stereocenters. The molecule has 0 fully saturated rings. The van der Waals surface area contributed by atoms with Crippen LogP contribution < -0.4 is 15.8 Å². The number of ether oxygens (including phenoxy) is 1. The largest absolute Gasteiger partial charge is 0.484 e. The Labute approximate surface area is 112 Å². The van der Waals surface area contributed by atoms with Gasteiger partial charge in [-0.2, -0.15) is 0 Å². The minimum atomic E-state index is -1.00. The molecule has 0 spiro atoms. The number of aliphatic hydroxyl groups excluding tert-OH is 2. The van der Waals surface area contributed by atoms with Crippen molar-refractivity contribution < 1.29 is 19.7 Å². The summed E-state index contributed by atoms with van der Waals surface area (Å²) in [6.07, 6.45) is 0.421. The van der Waals surface area contributed by atoms with Gasteiger partial charge >= 0.3 is 0 Å². The Bertz CT molecular complexity index is 411. The van der Waals surface area contributed by atoms with Gasteiger partial charge in [-0.15, -0.1) is 0 Å². The van der Waals surface area contributed by atoms with Gasteiger partial charge in [-0.25, -0.2) is 0 Å². The molecule has 0 aliphatic carbocycles. The second-order valence-electron chi connectivity index (χ2n) is 4.36. The smallest absolute Gasteiger partial charge is 0.258 e. The molecular formula is C13H20N2O4. The van der Waals surface area contributed by atoms with Crippen molar-refractivity contribution in [2.24, 2.45) is 0 Å². The molecule has 0 radical (unpaired) electrons. The molecule has 0 saturated heterocycles. The first-order valence-electron chi connectivity index (χ1n) is 6.06. The monoisotopic (exact) mass is 268 g/mol. The van der Waals surface area contributed by atoms with E-state index in [1.54, 1.807) is 31.2 Å². The lowest BCUT2D eigenvalue weighted by atomic mass is 9.98. The Kier molecular flexibility index (Phi) is 5.59. The summed E-state index contributed by atoms with van der Waals surface area (Å²) in [5, 5.41) is 21.0. The van der Waals surface area contributed by atoms with E-state index in [1.807, 2.05) is 0 Å². The van der Waals surface area contributed by atoms with E-state index in [1.165, 1.54) is 0 Å². The quantitative estimate of drug-likeness (QED) is 0.517. The molecule has 0 unspecified atom stereocenters. The molecule has 6 nitrogen and oxygen atoms in total. The maximum Gasteiger partial charge on any atom is 0.258 e. The number of amides is 1. The third-order valence-electron chi connectivity index (χ3n) is 2.91. The van der Waals surface area contributed by atoms with Gasteiger partial charge in [0.1, 0.15) is 5.75 Å². The van der Waals surface area contributed by atoms with Gasteiger partial charge in [-0.1, -0.05) is 13.0 Å². The lowest BCUT2D eigenvalue weighted by Gasteiger charge is -2.29. The zero-order valence-corrected chi connectivity index (χ0v) is 10.9. The zero-order valence-electron chi connectivity index (χ0n) is 10.9. The molecule has 0 bridgehead atoms. The van der Waals surface area contributed by atoms with E-state index in [0.717, 1.165) is 0 Å². The molecule has 6 heteroatoms. The molecule has 0 aliphatic rings. The Morgan fingerprint density at radius 3 is 2.63 bits per heavy atom. The number of nitrogens with one attached hydrogen (secondary N) is 1. The zero-order chi connectivity index (χ0) is 14.3. The number of benzene rings is 1. The lowest BCUT2D eigenvalue weighted by molar-refractivity contribution is -0.126. The SMILES string of the molecule is CCC(CO)(CO)NC(=O)COc1cccc(N)c1. The molecule has 19 heavy (non-hydrogen) atoms. The third kappa shape index (κ3) is 4.42. The first kappa shape index (κ1) is 15.3. The highest BCUT2D eigenvalue weighted by molar-refractivity contribution is 5.78. The molecule has 1 amide bonds. The van der Waals surface area contributed by atoms with Gasteiger partial charge < -0.3 is 26.0 Å². The van der Waals surface area contributed by atoms with Gasteiger partial charge in [0, 0.05) is 11.8 Å². The van der Waals surface area contributed by atoms with Crippen molar-refractivity contribution in [3.05, 3.63) is 24.3 Å². The maximum atomic E-state index is 11.7. The summed E-state index contributed by atoms with van der Waals surface area (Å²) in [5.74, 6) is 0.0811. The summed E-state index contributed by atoms with van der Waals surface area (Å²) in [6, 6.07) is 6.74. The minimum Gasteiger partial charge on any atom is -0.484 e. The second kappa shape index (κ2) is 6.96. The molecule has 0 aliphatic heterocycles. The van der Waals surface area contributed by atoms with Gasteiger partial charge in [0.2, 0.25) is 0 Å². The van der Waals surface area contributed by atoms with Crippen LogP contribution in [0.2, 0.25) is 0 Å². The molecule has 5 N–H and O–H groups in total. The summed E-state index contributed by atoms with van der Waals surface area (Å²) in [5.41, 5.74) is 5.13. The lowest BCUT2D eigenvalue weighted by Crippen LogP contribution is -2.54. The van der Waals surface area contributed by atoms with Crippen LogP contribution >= 0.6 is 0 Å². The topological polar surface area (TPSA) is 105 Å². The number of carbonyl (C=O) groups is 1. The number of carbonyl (C=O) groups excluding carboxylic acids is 1. The normalized spacial score (nSPS) is 11.1. The first-order valence-corrected chi connectivity index (χ1v) is 6.06. The fourth-order valence-electron chi connectivity index (χ4n) is 1.53. The molecular weight excluding hydrogens is 248 g/mol. The number of nitrogen functional groups attached to an aromatic ring is 1. The van der Waals surface area contributed by atoms with Crippen LogP contribution in [0, 0.1) is 0 Å². The number of aliphatic hydroxyl groups is 2. The number of nitrogens with two attached hydrogens (primary N) is 1. The number of hydrogen-bond donors (Lipinski definition) is 4. The van der Waals surface area contributed by atoms with E-state index in [2.05, 4.69) is 5.32 Å². The molecule has 1 rings (SSSR count). The third-order valence-corrected chi connectivity index (χ3v) is 2.91. The van der Waals surface area contributed by atoms with Gasteiger partial charge in [-0.05, 0) is 18.6 Å². The van der Waals surface area contributed by atoms with Crippen molar-refractivity contribution in [2.75, 3.05) is 25.6 Å². The van der Waals surface area contributed by atoms with Crippen molar-refractivity contribution in [2.45, 2.75) is 18.9 Å². The molecule has 106 valence electrons. The van der Waals surface area contributed by atoms with E-state index in [9.17, 15) is 15.0 Å². The van der Waals surface area contributed by atoms with Gasteiger partial charge in [0.05, 0.1) is 18.8 Å². The van der Waals surface area contributed by atoms with E-state index in [4.69, 9.17) is 10.5 Å². The average Bonchev–Trinajstić information content (AvgIpc) is 2.43. The minimum absolute atomic E-state index is 0.203. The van der Waals surface area contributed by atoms with Crippen LogP contribution in [0.1, 0.15) is 13.3 Å². The summed E-state index contributed by atoms with van der Waals surface area (Å²) < 4.78 is 5.27. The number of hydrogen-bond acceptors (Lipinski definition) is 5. The Balaban J connectivity index is 2.52. The van der Waals surface area contributed by atoms with Crippen LogP contribution in [0.25, 0.3) is 0 Å². The van der Waals surface area contributed by atoms with Crippen LogP contribution in [0.15, 0.2) is 24.3 Å². The van der Waals surface area contributed by atoms with Gasteiger partial charge in [0.25, 0.3) is 5.91 Å². The summed E-state index contributed by atoms with van der Waals surface area (Å²) in [4.78, 5) is 11.7. The van der Waals surface area contributed by atoms with Gasteiger partial charge in [0.15, 0.2) is 6.61 Å². The fourth-order valence-corrected chi connectivity index (χ4v) is 1.53. The highest BCUT2D eigenvalue weighted by Gasteiger charge is 2.28. The van der Waals surface area contributed by atoms with Gasteiger partial charge in [-0.3, -0.25) is 4.79 Å². The average molecular weight is 268 g/mol. The predicted molar refractivity (Wildman–Crippen MR) is 71.7 cm³/mol. The highest BCUT2D eigenvalue weighted by atomic mass is 16.5. The first-order chi connectivity index (χ1) is 9.05. The van der Waals surface area contributed by atoms with E-state index < -0.39 is 11.4 Å². The van der Waals surface area contributed by atoms with Crippen molar-refractivity contribution in [3.8, 4) is 5.75 Å². The Hall–Kier alpha value is -1.79. The van der Waals surface area contributed by atoms with Crippen LogP contribution in [-0.2, 0) is 4.79 Å². The number of rotatable bonds is 7. The summed E-state index contributed by atoms with van der Waals surface area (Å²) in [6.45, 7) is 0.907. The molecule has 1 aromatic carbocycles. The van der Waals surface area contributed by atoms with Crippen LogP contribution in [0.5, 0.6) is 5.75 Å². The highest BCUT2D eigenvalue weighted by Crippen LogP contribution is 2.14. The number of anilines is 1. The van der Waals surface area contributed by atoms with Crippen LogP contribution in [0.3, 0.4) is 0 Å². The van der Waals surface area contributed by atoms with Crippen molar-refractivity contribution >= 4 is 11.6 Å². The predicted octanol–water partition coefficient (Wildman–Crippen LogP) is -0.103. The maximum absolute atomic E-state index is 11.7. The summed E-state index contributed by atoms with van der Waals surface area (Å²) >= 11 is 0.